The Bertz CT molecular complexity index is 785. The highest BCUT2D eigenvalue weighted by Gasteiger charge is 2.19. The summed E-state index contributed by atoms with van der Waals surface area (Å²) in [5.74, 6) is 1.19. The molecule has 1 aromatic heterocycles. The minimum Gasteiger partial charge on any atom is -0.488 e. The molecule has 1 saturated heterocycles. The molecule has 0 saturated carbocycles. The lowest BCUT2D eigenvalue weighted by Gasteiger charge is -2.17. The van der Waals surface area contributed by atoms with Crippen LogP contribution < -0.4 is 10.1 Å². The van der Waals surface area contributed by atoms with Gasteiger partial charge in [-0.25, -0.2) is 9.78 Å². The van der Waals surface area contributed by atoms with Gasteiger partial charge in [-0.2, -0.15) is 0 Å². The Balaban J connectivity index is 1.71. The maximum atomic E-state index is 11.7. The molecule has 26 heavy (non-hydrogen) atoms. The van der Waals surface area contributed by atoms with Crippen LogP contribution >= 0.6 is 0 Å². The van der Waals surface area contributed by atoms with Crippen molar-refractivity contribution in [2.24, 2.45) is 0 Å². The number of esters is 1. The van der Waals surface area contributed by atoms with Gasteiger partial charge < -0.3 is 19.5 Å². The minimum atomic E-state index is -0.380. The molecule has 3 rings (SSSR count). The van der Waals surface area contributed by atoms with Crippen molar-refractivity contribution in [1.29, 1.82) is 0 Å². The molecule has 0 bridgehead atoms. The molecule has 1 aliphatic rings. The Morgan fingerprint density at radius 3 is 2.85 bits per heavy atom. The van der Waals surface area contributed by atoms with Gasteiger partial charge in [-0.3, -0.25) is 0 Å². The second-order valence-electron chi connectivity index (χ2n) is 6.39. The van der Waals surface area contributed by atoms with Crippen molar-refractivity contribution >= 4 is 11.8 Å². The van der Waals surface area contributed by atoms with E-state index in [9.17, 15) is 4.79 Å². The fraction of sp³-hybridized carbons (Fsp3) is 0.400. The van der Waals surface area contributed by atoms with Gasteiger partial charge in [0.1, 0.15) is 17.7 Å². The maximum Gasteiger partial charge on any atom is 0.339 e. The SMILES string of the molecule is COC(=O)c1ccc(NCc2ccc(C)cc2OC2CCOC2)nc1C. The first-order valence-electron chi connectivity index (χ1n) is 8.70. The van der Waals surface area contributed by atoms with Crippen LogP contribution in [0.4, 0.5) is 5.82 Å². The highest BCUT2D eigenvalue weighted by molar-refractivity contribution is 5.90. The maximum absolute atomic E-state index is 11.7. The fourth-order valence-electron chi connectivity index (χ4n) is 2.87. The fourth-order valence-corrected chi connectivity index (χ4v) is 2.87. The second kappa shape index (κ2) is 8.19. The number of carbonyl (C=O) groups is 1. The molecule has 1 N–H and O–H groups in total. The first-order chi connectivity index (χ1) is 12.6. The molecule has 2 aromatic rings. The van der Waals surface area contributed by atoms with Gasteiger partial charge in [-0.15, -0.1) is 0 Å². The standard InChI is InChI=1S/C20H24N2O4/c1-13-4-5-15(18(10-13)26-16-8-9-25-12-16)11-21-19-7-6-17(14(2)22-19)20(23)24-3/h4-7,10,16H,8-9,11-12H2,1-3H3,(H,21,22). The van der Waals surface area contributed by atoms with E-state index in [1.165, 1.54) is 7.11 Å². The van der Waals surface area contributed by atoms with E-state index >= 15 is 0 Å². The third-order valence-corrected chi connectivity index (χ3v) is 4.36. The summed E-state index contributed by atoms with van der Waals surface area (Å²) in [5, 5.41) is 3.30. The van der Waals surface area contributed by atoms with E-state index in [4.69, 9.17) is 14.2 Å². The van der Waals surface area contributed by atoms with Gasteiger partial charge in [0.25, 0.3) is 0 Å². The zero-order valence-corrected chi connectivity index (χ0v) is 15.4. The molecule has 6 heteroatoms. The van der Waals surface area contributed by atoms with Crippen LogP contribution in [-0.4, -0.2) is 37.4 Å². The van der Waals surface area contributed by atoms with Crippen LogP contribution in [0.15, 0.2) is 30.3 Å². The normalized spacial score (nSPS) is 16.3. The number of hydrogen-bond donors (Lipinski definition) is 1. The van der Waals surface area contributed by atoms with E-state index in [1.807, 2.05) is 13.0 Å². The number of hydrogen-bond acceptors (Lipinski definition) is 6. The van der Waals surface area contributed by atoms with Crippen molar-refractivity contribution in [3.63, 3.8) is 0 Å². The molecule has 138 valence electrons. The zero-order chi connectivity index (χ0) is 18.5. The lowest BCUT2D eigenvalue weighted by molar-refractivity contribution is 0.0599. The Morgan fingerprint density at radius 2 is 2.15 bits per heavy atom. The molecule has 1 aromatic carbocycles. The van der Waals surface area contributed by atoms with E-state index in [1.54, 1.807) is 19.1 Å². The number of nitrogens with one attached hydrogen (secondary N) is 1. The quantitative estimate of drug-likeness (QED) is 0.801. The Labute approximate surface area is 153 Å². The number of methoxy groups -OCH3 is 1. The van der Waals surface area contributed by atoms with Crippen LogP contribution in [0.1, 0.15) is 33.6 Å². The molecule has 0 radical (unpaired) electrons. The first-order valence-corrected chi connectivity index (χ1v) is 8.70. The average Bonchev–Trinajstić information content (AvgIpc) is 3.13. The highest BCUT2D eigenvalue weighted by atomic mass is 16.5. The van der Waals surface area contributed by atoms with E-state index in [-0.39, 0.29) is 12.1 Å². The summed E-state index contributed by atoms with van der Waals surface area (Å²) in [5.41, 5.74) is 3.31. The van der Waals surface area contributed by atoms with Crippen molar-refractivity contribution in [1.82, 2.24) is 4.98 Å². The van der Waals surface area contributed by atoms with E-state index in [0.717, 1.165) is 29.9 Å². The van der Waals surface area contributed by atoms with Crippen molar-refractivity contribution in [2.75, 3.05) is 25.6 Å². The molecule has 1 fully saturated rings. The largest absolute Gasteiger partial charge is 0.488 e. The number of carbonyl (C=O) groups excluding carboxylic acids is 1. The molecule has 1 unspecified atom stereocenters. The van der Waals surface area contributed by atoms with Crippen molar-refractivity contribution in [3.05, 3.63) is 52.7 Å². The van der Waals surface area contributed by atoms with Crippen LogP contribution in [0.5, 0.6) is 5.75 Å². The van der Waals surface area contributed by atoms with Crippen LogP contribution in [-0.2, 0) is 16.0 Å². The lowest BCUT2D eigenvalue weighted by Crippen LogP contribution is -2.17. The predicted molar refractivity (Wildman–Crippen MR) is 98.7 cm³/mol. The molecule has 1 atom stereocenters. The van der Waals surface area contributed by atoms with Gasteiger partial charge in [0.2, 0.25) is 0 Å². The van der Waals surface area contributed by atoms with Crippen LogP contribution in [0.2, 0.25) is 0 Å². The van der Waals surface area contributed by atoms with Gasteiger partial charge in [-0.1, -0.05) is 12.1 Å². The molecular weight excluding hydrogens is 332 g/mol. The summed E-state index contributed by atoms with van der Waals surface area (Å²) in [6, 6.07) is 9.67. The van der Waals surface area contributed by atoms with Gasteiger partial charge in [0.05, 0.1) is 31.6 Å². The Kier molecular flexibility index (Phi) is 5.73. The summed E-state index contributed by atoms with van der Waals surface area (Å²) >= 11 is 0. The first kappa shape index (κ1) is 18.2. The summed E-state index contributed by atoms with van der Waals surface area (Å²) in [6.07, 6.45) is 1.02. The molecular formula is C20H24N2O4. The van der Waals surface area contributed by atoms with Gasteiger partial charge in [-0.05, 0) is 37.6 Å². The third-order valence-electron chi connectivity index (χ3n) is 4.36. The van der Waals surface area contributed by atoms with Crippen LogP contribution in [0.25, 0.3) is 0 Å². The summed E-state index contributed by atoms with van der Waals surface area (Å²) in [6.45, 7) is 5.80. The van der Waals surface area contributed by atoms with Crippen molar-refractivity contribution in [3.8, 4) is 5.75 Å². The van der Waals surface area contributed by atoms with Crippen molar-refractivity contribution in [2.45, 2.75) is 32.9 Å². The Hall–Kier alpha value is -2.60. The molecule has 1 aliphatic heterocycles. The number of aryl methyl sites for hydroxylation is 2. The number of pyridine rings is 1. The van der Waals surface area contributed by atoms with Crippen LogP contribution in [0, 0.1) is 13.8 Å². The number of nitrogens with zero attached hydrogens (tertiary/aromatic N) is 1. The van der Waals surface area contributed by atoms with Gasteiger partial charge in [0, 0.05) is 18.5 Å². The molecule has 2 heterocycles. The van der Waals surface area contributed by atoms with Crippen molar-refractivity contribution < 1.29 is 19.0 Å². The number of benzene rings is 1. The minimum absolute atomic E-state index is 0.107. The number of rotatable bonds is 6. The van der Waals surface area contributed by atoms with E-state index < -0.39 is 0 Å². The van der Waals surface area contributed by atoms with Crippen LogP contribution in [0.3, 0.4) is 0 Å². The van der Waals surface area contributed by atoms with Gasteiger partial charge >= 0.3 is 5.97 Å². The zero-order valence-electron chi connectivity index (χ0n) is 15.4. The third kappa shape index (κ3) is 4.32. The summed E-state index contributed by atoms with van der Waals surface area (Å²) in [4.78, 5) is 16.1. The van der Waals surface area contributed by atoms with E-state index in [0.29, 0.717) is 30.2 Å². The molecule has 0 spiro atoms. The molecule has 6 nitrogen and oxygen atoms in total. The number of aromatic nitrogens is 1. The van der Waals surface area contributed by atoms with E-state index in [2.05, 4.69) is 22.4 Å². The molecule has 0 amide bonds. The molecule has 0 aliphatic carbocycles. The number of anilines is 1. The summed E-state index contributed by atoms with van der Waals surface area (Å²) in [7, 11) is 1.36. The number of ether oxygens (including phenoxy) is 3. The average molecular weight is 356 g/mol. The smallest absolute Gasteiger partial charge is 0.339 e. The lowest BCUT2D eigenvalue weighted by atomic mass is 10.1. The second-order valence-corrected chi connectivity index (χ2v) is 6.39. The predicted octanol–water partition coefficient (Wildman–Crippen LogP) is 3.26. The monoisotopic (exact) mass is 356 g/mol. The topological polar surface area (TPSA) is 69.7 Å². The highest BCUT2D eigenvalue weighted by Crippen LogP contribution is 2.25. The summed E-state index contributed by atoms with van der Waals surface area (Å²) < 4.78 is 16.3. The van der Waals surface area contributed by atoms with Gasteiger partial charge in [0.15, 0.2) is 0 Å². The Morgan fingerprint density at radius 1 is 1.31 bits per heavy atom.